The Hall–Kier alpha value is -1.96. The third-order valence-corrected chi connectivity index (χ3v) is 4.70. The number of pyridine rings is 1. The largest absolute Gasteiger partial charge is 0.323 e. The van der Waals surface area contributed by atoms with Gasteiger partial charge in [0.2, 0.25) is 10.0 Å². The highest BCUT2D eigenvalue weighted by atomic mass is 32.2. The van der Waals surface area contributed by atoms with E-state index in [1.807, 2.05) is 6.07 Å². The number of hydrazine groups is 1. The number of hydrogen-bond acceptors (Lipinski definition) is 5. The van der Waals surface area contributed by atoms with Gasteiger partial charge in [-0.1, -0.05) is 18.2 Å². The van der Waals surface area contributed by atoms with Gasteiger partial charge in [-0.15, -0.1) is 0 Å². The van der Waals surface area contributed by atoms with Gasteiger partial charge in [0.15, 0.2) is 0 Å². The topological polar surface area (TPSA) is 88.3 Å². The molecule has 0 aliphatic heterocycles. The minimum absolute atomic E-state index is 0.140. The molecule has 106 valence electrons. The normalized spacial score (nSPS) is 11.6. The smallest absolute Gasteiger partial charge is 0.245 e. The molecule has 0 spiro atoms. The molecule has 0 radical (unpaired) electrons. The van der Waals surface area contributed by atoms with Gasteiger partial charge in [0.05, 0.1) is 17.9 Å². The van der Waals surface area contributed by atoms with Crippen LogP contribution in [0.1, 0.15) is 5.69 Å². The Kier molecular flexibility index (Phi) is 4.33. The maximum atomic E-state index is 12.5. The zero-order valence-electron chi connectivity index (χ0n) is 11.0. The van der Waals surface area contributed by atoms with Gasteiger partial charge < -0.3 is 5.43 Å². The molecule has 0 amide bonds. The van der Waals surface area contributed by atoms with Crippen molar-refractivity contribution >= 4 is 15.7 Å². The number of nitrogen functional groups attached to an aromatic ring is 1. The second-order valence-electron chi connectivity index (χ2n) is 4.22. The molecule has 2 aromatic rings. The molecule has 0 bridgehead atoms. The van der Waals surface area contributed by atoms with E-state index in [4.69, 9.17) is 5.84 Å². The highest BCUT2D eigenvalue weighted by Gasteiger charge is 2.23. The van der Waals surface area contributed by atoms with Crippen molar-refractivity contribution in [2.75, 3.05) is 12.5 Å². The summed E-state index contributed by atoms with van der Waals surface area (Å²) in [4.78, 5) is 4.26. The molecule has 0 aliphatic rings. The van der Waals surface area contributed by atoms with Crippen LogP contribution in [-0.4, -0.2) is 24.8 Å². The number of benzene rings is 1. The molecule has 0 saturated carbocycles. The van der Waals surface area contributed by atoms with E-state index in [2.05, 4.69) is 10.4 Å². The lowest BCUT2D eigenvalue weighted by Crippen LogP contribution is -2.28. The molecular formula is C13H16N4O2S. The van der Waals surface area contributed by atoms with Crippen LogP contribution >= 0.6 is 0 Å². The number of anilines is 1. The predicted molar refractivity (Wildman–Crippen MR) is 77.1 cm³/mol. The van der Waals surface area contributed by atoms with E-state index in [1.54, 1.807) is 36.5 Å². The summed E-state index contributed by atoms with van der Waals surface area (Å²) >= 11 is 0. The summed E-state index contributed by atoms with van der Waals surface area (Å²) in [6, 6.07) is 11.9. The molecule has 1 aromatic heterocycles. The number of nitrogens with two attached hydrogens (primary N) is 1. The fourth-order valence-electron chi connectivity index (χ4n) is 1.78. The summed E-state index contributed by atoms with van der Waals surface area (Å²) in [5.74, 6) is 5.35. The highest BCUT2D eigenvalue weighted by Crippen LogP contribution is 2.23. The van der Waals surface area contributed by atoms with E-state index >= 15 is 0 Å². The lowest BCUT2D eigenvalue weighted by Gasteiger charge is -2.18. The van der Waals surface area contributed by atoms with Crippen molar-refractivity contribution in [2.24, 2.45) is 5.84 Å². The number of sulfonamides is 1. The molecule has 0 saturated heterocycles. The molecule has 7 heteroatoms. The Balaban J connectivity index is 2.30. The Morgan fingerprint density at radius 1 is 1.20 bits per heavy atom. The van der Waals surface area contributed by atoms with Crippen molar-refractivity contribution < 1.29 is 8.42 Å². The zero-order valence-corrected chi connectivity index (χ0v) is 11.8. The van der Waals surface area contributed by atoms with Crippen molar-refractivity contribution in [1.29, 1.82) is 0 Å². The summed E-state index contributed by atoms with van der Waals surface area (Å²) in [7, 11) is -2.12. The Morgan fingerprint density at radius 2 is 1.90 bits per heavy atom. The average Bonchev–Trinajstić information content (AvgIpc) is 2.48. The first-order valence-corrected chi connectivity index (χ1v) is 7.41. The van der Waals surface area contributed by atoms with E-state index in [0.717, 1.165) is 0 Å². The van der Waals surface area contributed by atoms with Crippen LogP contribution in [0.2, 0.25) is 0 Å². The van der Waals surface area contributed by atoms with Gasteiger partial charge in [-0.05, 0) is 24.3 Å². The molecule has 2 rings (SSSR count). The van der Waals surface area contributed by atoms with E-state index < -0.39 is 10.0 Å². The van der Waals surface area contributed by atoms with Crippen molar-refractivity contribution in [1.82, 2.24) is 9.29 Å². The molecule has 0 aliphatic carbocycles. The second kappa shape index (κ2) is 6.00. The van der Waals surface area contributed by atoms with Crippen molar-refractivity contribution in [3.05, 3.63) is 54.4 Å². The van der Waals surface area contributed by atoms with Crippen molar-refractivity contribution in [2.45, 2.75) is 11.4 Å². The van der Waals surface area contributed by atoms with E-state index in [1.165, 1.54) is 17.4 Å². The molecular weight excluding hydrogens is 276 g/mol. The Bertz CT molecular complexity index is 674. The zero-order chi connectivity index (χ0) is 14.6. The first-order chi connectivity index (χ1) is 9.55. The second-order valence-corrected chi connectivity index (χ2v) is 6.24. The number of hydrogen-bond donors (Lipinski definition) is 2. The quantitative estimate of drug-likeness (QED) is 0.638. The van der Waals surface area contributed by atoms with E-state index in [-0.39, 0.29) is 11.4 Å². The molecule has 0 atom stereocenters. The highest BCUT2D eigenvalue weighted by molar-refractivity contribution is 7.89. The van der Waals surface area contributed by atoms with Crippen LogP contribution in [0.15, 0.2) is 53.6 Å². The van der Waals surface area contributed by atoms with Crippen LogP contribution in [0.4, 0.5) is 5.69 Å². The summed E-state index contributed by atoms with van der Waals surface area (Å²) < 4.78 is 26.3. The first kappa shape index (κ1) is 14.4. The lowest BCUT2D eigenvalue weighted by atomic mass is 10.3. The Labute approximate surface area is 118 Å². The third-order valence-electron chi connectivity index (χ3n) is 2.84. The number of para-hydroxylation sites is 1. The van der Waals surface area contributed by atoms with Crippen LogP contribution in [0.25, 0.3) is 0 Å². The summed E-state index contributed by atoms with van der Waals surface area (Å²) in [6.07, 6.45) is 1.63. The lowest BCUT2D eigenvalue weighted by molar-refractivity contribution is 0.462. The maximum absolute atomic E-state index is 12.5. The molecule has 1 aromatic carbocycles. The van der Waals surface area contributed by atoms with Gasteiger partial charge in [-0.2, -0.15) is 4.31 Å². The number of aromatic nitrogens is 1. The maximum Gasteiger partial charge on any atom is 0.245 e. The number of nitrogens with zero attached hydrogens (tertiary/aromatic N) is 2. The summed E-state index contributed by atoms with van der Waals surface area (Å²) in [5, 5.41) is 0. The van der Waals surface area contributed by atoms with Gasteiger partial charge in [0.1, 0.15) is 4.90 Å². The monoisotopic (exact) mass is 292 g/mol. The number of rotatable bonds is 5. The molecule has 3 N–H and O–H groups in total. The van der Waals surface area contributed by atoms with Crippen LogP contribution in [0.5, 0.6) is 0 Å². The fraction of sp³-hybridized carbons (Fsp3) is 0.154. The van der Waals surface area contributed by atoms with Crippen LogP contribution in [0, 0.1) is 0 Å². The molecule has 0 unspecified atom stereocenters. The van der Waals surface area contributed by atoms with Crippen LogP contribution < -0.4 is 11.3 Å². The minimum atomic E-state index is -3.63. The molecule has 1 heterocycles. The molecule has 20 heavy (non-hydrogen) atoms. The fourth-order valence-corrected chi connectivity index (χ4v) is 3.08. The van der Waals surface area contributed by atoms with Gasteiger partial charge in [-0.25, -0.2) is 8.42 Å². The molecule has 6 nitrogen and oxygen atoms in total. The van der Waals surface area contributed by atoms with Gasteiger partial charge in [-0.3, -0.25) is 10.8 Å². The predicted octanol–water partition coefficient (Wildman–Crippen LogP) is 1.19. The Morgan fingerprint density at radius 3 is 2.55 bits per heavy atom. The SMILES string of the molecule is CN(Cc1ccccn1)S(=O)(=O)c1ccccc1NN. The van der Waals surface area contributed by atoms with Crippen molar-refractivity contribution in [3.8, 4) is 0 Å². The summed E-state index contributed by atoms with van der Waals surface area (Å²) in [6.45, 7) is 0.197. The number of nitrogens with one attached hydrogen (secondary N) is 1. The van der Waals surface area contributed by atoms with Crippen LogP contribution in [-0.2, 0) is 16.6 Å². The average molecular weight is 292 g/mol. The standard InChI is InChI=1S/C13H16N4O2S/c1-17(10-11-6-4-5-9-15-11)20(18,19)13-8-3-2-7-12(13)16-14/h2-9,16H,10,14H2,1H3. The van der Waals surface area contributed by atoms with Gasteiger partial charge >= 0.3 is 0 Å². The summed E-state index contributed by atoms with van der Waals surface area (Å²) in [5.41, 5.74) is 3.44. The van der Waals surface area contributed by atoms with Gasteiger partial charge in [0, 0.05) is 13.2 Å². The van der Waals surface area contributed by atoms with Gasteiger partial charge in [0.25, 0.3) is 0 Å². The minimum Gasteiger partial charge on any atom is -0.323 e. The first-order valence-electron chi connectivity index (χ1n) is 5.97. The van der Waals surface area contributed by atoms with Crippen LogP contribution in [0.3, 0.4) is 0 Å². The van der Waals surface area contributed by atoms with E-state index in [9.17, 15) is 8.42 Å². The van der Waals surface area contributed by atoms with Crippen molar-refractivity contribution in [3.63, 3.8) is 0 Å². The third kappa shape index (κ3) is 2.96. The van der Waals surface area contributed by atoms with E-state index in [0.29, 0.717) is 11.4 Å². The molecule has 0 fully saturated rings.